The first kappa shape index (κ1) is 23.3. The Morgan fingerprint density at radius 2 is 1.76 bits per heavy atom. The van der Waals surface area contributed by atoms with Crippen LogP contribution in [0.2, 0.25) is 0 Å². The van der Waals surface area contributed by atoms with Crippen LogP contribution in [0, 0.1) is 26.6 Å². The molecule has 0 aliphatic heterocycles. The minimum absolute atomic E-state index is 0.173. The summed E-state index contributed by atoms with van der Waals surface area (Å²) in [5.41, 5.74) is 4.91. The summed E-state index contributed by atoms with van der Waals surface area (Å²) >= 11 is 0. The van der Waals surface area contributed by atoms with E-state index in [0.717, 1.165) is 28.3 Å². The largest absolute Gasteiger partial charge is 0.488 e. The maximum absolute atomic E-state index is 13.3. The molecule has 0 aliphatic carbocycles. The van der Waals surface area contributed by atoms with Crippen molar-refractivity contribution in [3.05, 3.63) is 99.2 Å². The van der Waals surface area contributed by atoms with E-state index in [1.165, 1.54) is 12.1 Å². The maximum Gasteiger partial charge on any atom is 0.261 e. The molecule has 0 N–H and O–H groups in total. The molecule has 0 fully saturated rings. The number of pyridine rings is 2. The van der Waals surface area contributed by atoms with Gasteiger partial charge in [-0.3, -0.25) is 14.3 Å². The third kappa shape index (κ3) is 4.73. The highest BCUT2D eigenvalue weighted by Gasteiger charge is 2.15. The quantitative estimate of drug-likeness (QED) is 0.384. The molecule has 1 aromatic carbocycles. The second-order valence-electron chi connectivity index (χ2n) is 8.64. The summed E-state index contributed by atoms with van der Waals surface area (Å²) in [6.07, 6.45) is 3.49. The summed E-state index contributed by atoms with van der Waals surface area (Å²) in [6, 6.07) is 11.6. The fourth-order valence-electron chi connectivity index (χ4n) is 3.69. The summed E-state index contributed by atoms with van der Waals surface area (Å²) in [6.45, 7) is 9.88. The Bertz CT molecular complexity index is 1400. The van der Waals surface area contributed by atoms with Crippen molar-refractivity contribution in [3.8, 4) is 22.8 Å². The zero-order chi connectivity index (χ0) is 24.4. The Hall–Kier alpha value is -3.87. The zero-order valence-electron chi connectivity index (χ0n) is 20.0. The van der Waals surface area contributed by atoms with Gasteiger partial charge in [0.1, 0.15) is 24.0 Å². The van der Waals surface area contributed by atoms with Crippen molar-refractivity contribution >= 4 is 0 Å². The van der Waals surface area contributed by atoms with Gasteiger partial charge in [-0.15, -0.1) is 0 Å². The van der Waals surface area contributed by atoms with E-state index in [9.17, 15) is 9.18 Å². The fourth-order valence-corrected chi connectivity index (χ4v) is 3.69. The average Bonchev–Trinajstić information content (AvgIpc) is 2.82. The minimum atomic E-state index is -0.298. The van der Waals surface area contributed by atoms with Crippen LogP contribution in [0.1, 0.15) is 48.0 Å². The summed E-state index contributed by atoms with van der Waals surface area (Å²) in [4.78, 5) is 26.9. The summed E-state index contributed by atoms with van der Waals surface area (Å²) < 4.78 is 20.7. The molecule has 34 heavy (non-hydrogen) atoms. The SMILES string of the molecule is Cc1cnc(C(C)C)nc1-c1cc(-n2c(C)cc(OCc3ccc(F)cc3)c(C)c2=O)ccn1. The van der Waals surface area contributed by atoms with Gasteiger partial charge < -0.3 is 4.74 Å². The first-order chi connectivity index (χ1) is 16.2. The van der Waals surface area contributed by atoms with Crippen molar-refractivity contribution in [3.63, 3.8) is 0 Å². The van der Waals surface area contributed by atoms with Gasteiger partial charge in [0.15, 0.2) is 0 Å². The Morgan fingerprint density at radius 3 is 2.47 bits per heavy atom. The van der Waals surface area contributed by atoms with Crippen LogP contribution >= 0.6 is 0 Å². The van der Waals surface area contributed by atoms with Crippen molar-refractivity contribution < 1.29 is 9.13 Å². The average molecular weight is 459 g/mol. The molecule has 0 amide bonds. The molecular formula is C27H27FN4O2. The molecule has 6 nitrogen and oxygen atoms in total. The number of nitrogens with zero attached hydrogens (tertiary/aromatic N) is 4. The molecule has 0 radical (unpaired) electrons. The van der Waals surface area contributed by atoms with Crippen LogP contribution < -0.4 is 10.3 Å². The molecule has 7 heteroatoms. The minimum Gasteiger partial charge on any atom is -0.488 e. The van der Waals surface area contributed by atoms with E-state index in [-0.39, 0.29) is 23.9 Å². The van der Waals surface area contributed by atoms with Gasteiger partial charge in [0.2, 0.25) is 0 Å². The second-order valence-corrected chi connectivity index (χ2v) is 8.64. The number of ether oxygens (including phenoxy) is 1. The van der Waals surface area contributed by atoms with Gasteiger partial charge in [-0.05, 0) is 56.2 Å². The third-order valence-electron chi connectivity index (χ3n) is 5.64. The van der Waals surface area contributed by atoms with Crippen LogP contribution in [0.5, 0.6) is 5.75 Å². The molecule has 3 heterocycles. The number of hydrogen-bond donors (Lipinski definition) is 0. The zero-order valence-corrected chi connectivity index (χ0v) is 20.0. The summed E-state index contributed by atoms with van der Waals surface area (Å²) in [5.74, 6) is 1.15. The van der Waals surface area contributed by atoms with Crippen molar-refractivity contribution in [1.82, 2.24) is 19.5 Å². The predicted molar refractivity (Wildman–Crippen MR) is 130 cm³/mol. The van der Waals surface area contributed by atoms with E-state index < -0.39 is 0 Å². The van der Waals surface area contributed by atoms with Crippen molar-refractivity contribution in [2.24, 2.45) is 0 Å². The lowest BCUT2D eigenvalue weighted by Gasteiger charge is -2.16. The smallest absolute Gasteiger partial charge is 0.261 e. The molecule has 0 saturated carbocycles. The molecule has 0 aliphatic rings. The number of benzene rings is 1. The van der Waals surface area contributed by atoms with Gasteiger partial charge in [0.05, 0.1) is 22.6 Å². The van der Waals surface area contributed by atoms with Crippen molar-refractivity contribution in [2.75, 3.05) is 0 Å². The van der Waals surface area contributed by atoms with Gasteiger partial charge in [-0.1, -0.05) is 26.0 Å². The molecule has 4 aromatic rings. The normalized spacial score (nSPS) is 11.1. The van der Waals surface area contributed by atoms with Crippen LogP contribution in [0.25, 0.3) is 17.1 Å². The van der Waals surface area contributed by atoms with E-state index in [2.05, 4.69) is 9.97 Å². The molecule has 3 aromatic heterocycles. The van der Waals surface area contributed by atoms with Crippen LogP contribution in [0.15, 0.2) is 59.7 Å². The topological polar surface area (TPSA) is 69.9 Å². The molecule has 4 rings (SSSR count). The van der Waals surface area contributed by atoms with Crippen LogP contribution in [0.4, 0.5) is 4.39 Å². The highest BCUT2D eigenvalue weighted by atomic mass is 19.1. The Morgan fingerprint density at radius 1 is 1.03 bits per heavy atom. The fraction of sp³-hybridized carbons (Fsp3) is 0.259. The van der Waals surface area contributed by atoms with Crippen molar-refractivity contribution in [1.29, 1.82) is 0 Å². The van der Waals surface area contributed by atoms with Crippen molar-refractivity contribution in [2.45, 2.75) is 47.1 Å². The molecule has 0 unspecified atom stereocenters. The molecule has 0 spiro atoms. The van der Waals surface area contributed by atoms with Gasteiger partial charge in [-0.2, -0.15) is 0 Å². The summed E-state index contributed by atoms with van der Waals surface area (Å²) in [7, 11) is 0. The highest BCUT2D eigenvalue weighted by molar-refractivity contribution is 5.61. The van der Waals surface area contributed by atoms with E-state index in [1.54, 1.807) is 42.1 Å². The summed E-state index contributed by atoms with van der Waals surface area (Å²) in [5, 5.41) is 0. The first-order valence-electron chi connectivity index (χ1n) is 11.2. The Labute approximate surface area is 198 Å². The molecule has 0 saturated heterocycles. The Kier molecular flexibility index (Phi) is 6.54. The number of hydrogen-bond acceptors (Lipinski definition) is 5. The highest BCUT2D eigenvalue weighted by Crippen LogP contribution is 2.24. The van der Waals surface area contributed by atoms with E-state index in [0.29, 0.717) is 22.7 Å². The van der Waals surface area contributed by atoms with E-state index in [4.69, 9.17) is 9.72 Å². The molecule has 0 atom stereocenters. The number of halogens is 1. The van der Waals surface area contributed by atoms with Gasteiger partial charge in [0, 0.05) is 30.1 Å². The molecular weight excluding hydrogens is 431 g/mol. The van der Waals surface area contributed by atoms with Crippen LogP contribution in [0.3, 0.4) is 0 Å². The standard InChI is InChI=1S/C27H27FN4O2/c1-16(2)26-30-14-17(3)25(31-26)23-13-22(10-11-29-23)32-18(4)12-24(19(5)27(32)33)34-15-20-6-8-21(28)9-7-20/h6-14,16H,15H2,1-5H3. The van der Waals surface area contributed by atoms with E-state index in [1.807, 2.05) is 39.8 Å². The van der Waals surface area contributed by atoms with Gasteiger partial charge >= 0.3 is 0 Å². The first-order valence-corrected chi connectivity index (χ1v) is 11.2. The van der Waals surface area contributed by atoms with Gasteiger partial charge in [0.25, 0.3) is 5.56 Å². The number of aromatic nitrogens is 4. The lowest BCUT2D eigenvalue weighted by atomic mass is 10.1. The second kappa shape index (κ2) is 9.55. The third-order valence-corrected chi connectivity index (χ3v) is 5.64. The molecule has 174 valence electrons. The number of aryl methyl sites for hydroxylation is 2. The predicted octanol–water partition coefficient (Wildman–Crippen LogP) is 5.46. The number of rotatable bonds is 6. The lowest BCUT2D eigenvalue weighted by molar-refractivity contribution is 0.302. The Balaban J connectivity index is 1.69. The lowest BCUT2D eigenvalue weighted by Crippen LogP contribution is -2.23. The molecule has 0 bridgehead atoms. The monoisotopic (exact) mass is 458 g/mol. The van der Waals surface area contributed by atoms with Crippen LogP contribution in [-0.2, 0) is 6.61 Å². The van der Waals surface area contributed by atoms with Crippen LogP contribution in [-0.4, -0.2) is 19.5 Å². The van der Waals surface area contributed by atoms with Gasteiger partial charge in [-0.25, -0.2) is 14.4 Å². The van der Waals surface area contributed by atoms with E-state index >= 15 is 0 Å². The maximum atomic E-state index is 13.3.